The zero-order valence-electron chi connectivity index (χ0n) is 11.5. The van der Waals surface area contributed by atoms with Gasteiger partial charge in [-0.05, 0) is 29.8 Å². The van der Waals surface area contributed by atoms with Crippen LogP contribution in [-0.4, -0.2) is 71.0 Å². The molecule has 0 radical (unpaired) electrons. The maximum absolute atomic E-state index is 9.93. The third-order valence-electron chi connectivity index (χ3n) is 3.38. The molecule has 7 heteroatoms. The molecule has 0 spiro atoms. The Morgan fingerprint density at radius 2 is 1.86 bits per heavy atom. The van der Waals surface area contributed by atoms with E-state index in [2.05, 4.69) is 4.99 Å². The summed E-state index contributed by atoms with van der Waals surface area (Å²) in [6.07, 6.45) is -3.58. The van der Waals surface area contributed by atoms with Crippen LogP contribution in [0.15, 0.2) is 29.3 Å². The average molecular weight is 297 g/mol. The fourth-order valence-electron chi connectivity index (χ4n) is 2.11. The summed E-state index contributed by atoms with van der Waals surface area (Å²) in [6.45, 7) is -0.496. The first-order valence-corrected chi connectivity index (χ1v) is 6.54. The predicted molar refractivity (Wildman–Crippen MR) is 74.4 cm³/mol. The first-order valence-electron chi connectivity index (χ1n) is 6.54. The molecule has 1 aromatic carbocycles. The summed E-state index contributed by atoms with van der Waals surface area (Å²) in [7, 11) is 1.56. The Balaban J connectivity index is 2.08. The normalized spacial score (nSPS) is 33.3. The molecule has 0 bridgehead atoms. The number of aliphatic imine (C=N–C) groups is 1. The van der Waals surface area contributed by atoms with Crippen LogP contribution in [-0.2, 0) is 4.74 Å². The van der Waals surface area contributed by atoms with Crippen LogP contribution < -0.4 is 4.74 Å². The van der Waals surface area contributed by atoms with Crippen LogP contribution in [0.25, 0.3) is 0 Å². The molecular weight excluding hydrogens is 278 g/mol. The number of hydrogen-bond acceptors (Lipinski definition) is 7. The van der Waals surface area contributed by atoms with Crippen molar-refractivity contribution < 1.29 is 29.9 Å². The van der Waals surface area contributed by atoms with Crippen LogP contribution in [0.1, 0.15) is 5.56 Å². The predicted octanol–water partition coefficient (Wildman–Crippen LogP) is -1.09. The number of hydrogen-bond donors (Lipinski definition) is 4. The molecule has 116 valence electrons. The summed E-state index contributed by atoms with van der Waals surface area (Å²) >= 11 is 0. The van der Waals surface area contributed by atoms with Gasteiger partial charge in [0.25, 0.3) is 0 Å². The van der Waals surface area contributed by atoms with Crippen LogP contribution in [0.2, 0.25) is 0 Å². The second-order valence-electron chi connectivity index (χ2n) is 4.77. The first kappa shape index (κ1) is 15.9. The van der Waals surface area contributed by atoms with E-state index in [0.717, 1.165) is 5.56 Å². The van der Waals surface area contributed by atoms with Crippen LogP contribution >= 0.6 is 0 Å². The summed E-state index contributed by atoms with van der Waals surface area (Å²) in [5, 5.41) is 38.5. The van der Waals surface area contributed by atoms with E-state index in [9.17, 15) is 15.3 Å². The highest BCUT2D eigenvalue weighted by Crippen LogP contribution is 2.22. The Bertz CT molecular complexity index is 477. The van der Waals surface area contributed by atoms with Crippen LogP contribution in [0.5, 0.6) is 5.75 Å². The lowest BCUT2D eigenvalue weighted by Crippen LogP contribution is -2.57. The highest BCUT2D eigenvalue weighted by Gasteiger charge is 2.43. The minimum absolute atomic E-state index is 0.496. The number of aliphatic hydroxyl groups excluding tert-OH is 4. The van der Waals surface area contributed by atoms with E-state index in [1.54, 1.807) is 31.4 Å². The SMILES string of the molecule is COc1ccc(C=N[C@H]2C(O)O[C@H](CO)[C@H](O)[C@@H]2O)cc1. The van der Waals surface area contributed by atoms with E-state index >= 15 is 0 Å². The van der Waals surface area contributed by atoms with Gasteiger partial charge in [-0.15, -0.1) is 0 Å². The molecule has 2 rings (SSSR count). The Labute approximate surface area is 122 Å². The van der Waals surface area contributed by atoms with Crippen molar-refractivity contribution in [3.63, 3.8) is 0 Å². The molecule has 1 heterocycles. The number of ether oxygens (including phenoxy) is 2. The molecule has 4 N–H and O–H groups in total. The Kier molecular flexibility index (Phi) is 5.27. The Morgan fingerprint density at radius 1 is 1.19 bits per heavy atom. The minimum atomic E-state index is -1.39. The fourth-order valence-corrected chi connectivity index (χ4v) is 2.11. The summed E-state index contributed by atoms with van der Waals surface area (Å²) in [5.74, 6) is 0.703. The molecule has 1 unspecified atom stereocenters. The van der Waals surface area contributed by atoms with Gasteiger partial charge in [0, 0.05) is 6.21 Å². The number of aliphatic hydroxyl groups is 4. The fraction of sp³-hybridized carbons (Fsp3) is 0.500. The van der Waals surface area contributed by atoms with Gasteiger partial charge in [-0.1, -0.05) is 0 Å². The molecule has 0 saturated carbocycles. The van der Waals surface area contributed by atoms with Gasteiger partial charge in [0.15, 0.2) is 6.29 Å². The molecule has 0 aromatic heterocycles. The topological polar surface area (TPSA) is 112 Å². The molecule has 1 aliphatic heterocycles. The molecular formula is C14H19NO6. The lowest BCUT2D eigenvalue weighted by molar-refractivity contribution is -0.248. The highest BCUT2D eigenvalue weighted by atomic mass is 16.6. The second-order valence-corrected chi connectivity index (χ2v) is 4.77. The van der Waals surface area contributed by atoms with Crippen molar-refractivity contribution in [2.45, 2.75) is 30.6 Å². The highest BCUT2D eigenvalue weighted by molar-refractivity contribution is 5.79. The lowest BCUT2D eigenvalue weighted by Gasteiger charge is -2.38. The number of methoxy groups -OCH3 is 1. The van der Waals surface area contributed by atoms with Crippen LogP contribution in [0.4, 0.5) is 0 Å². The molecule has 0 aliphatic carbocycles. The average Bonchev–Trinajstić information content (AvgIpc) is 2.51. The Morgan fingerprint density at radius 3 is 2.43 bits per heavy atom. The summed E-state index contributed by atoms with van der Waals surface area (Å²) < 4.78 is 10.1. The molecule has 5 atom stereocenters. The van der Waals surface area contributed by atoms with Gasteiger partial charge >= 0.3 is 0 Å². The number of rotatable bonds is 4. The van der Waals surface area contributed by atoms with E-state index in [1.165, 1.54) is 6.21 Å². The molecule has 1 aliphatic rings. The van der Waals surface area contributed by atoms with Crippen molar-refractivity contribution in [3.8, 4) is 5.75 Å². The summed E-state index contributed by atoms with van der Waals surface area (Å²) in [5.41, 5.74) is 0.744. The smallest absolute Gasteiger partial charge is 0.180 e. The van der Waals surface area contributed by atoms with E-state index < -0.39 is 37.3 Å². The van der Waals surface area contributed by atoms with Crippen molar-refractivity contribution in [1.82, 2.24) is 0 Å². The zero-order valence-corrected chi connectivity index (χ0v) is 11.5. The number of nitrogens with zero attached hydrogens (tertiary/aromatic N) is 1. The van der Waals surface area contributed by atoms with Crippen molar-refractivity contribution in [1.29, 1.82) is 0 Å². The van der Waals surface area contributed by atoms with E-state index in [1.807, 2.05) is 0 Å². The first-order chi connectivity index (χ1) is 10.1. The largest absolute Gasteiger partial charge is 0.497 e. The van der Waals surface area contributed by atoms with E-state index in [0.29, 0.717) is 5.75 Å². The van der Waals surface area contributed by atoms with Crippen molar-refractivity contribution >= 4 is 6.21 Å². The molecule has 0 amide bonds. The maximum Gasteiger partial charge on any atom is 0.180 e. The van der Waals surface area contributed by atoms with Gasteiger partial charge in [-0.25, -0.2) is 0 Å². The van der Waals surface area contributed by atoms with Crippen molar-refractivity contribution in [3.05, 3.63) is 29.8 Å². The zero-order chi connectivity index (χ0) is 15.4. The second kappa shape index (κ2) is 6.97. The number of benzene rings is 1. The molecule has 21 heavy (non-hydrogen) atoms. The maximum atomic E-state index is 9.93. The van der Waals surface area contributed by atoms with Crippen molar-refractivity contribution in [2.24, 2.45) is 4.99 Å². The lowest BCUT2D eigenvalue weighted by atomic mass is 9.97. The summed E-state index contributed by atoms with van der Waals surface area (Å²) in [6, 6.07) is 6.00. The van der Waals surface area contributed by atoms with Gasteiger partial charge in [0.1, 0.15) is 30.1 Å². The van der Waals surface area contributed by atoms with Gasteiger partial charge in [0.2, 0.25) is 0 Å². The van der Waals surface area contributed by atoms with Crippen LogP contribution in [0.3, 0.4) is 0 Å². The van der Waals surface area contributed by atoms with Gasteiger partial charge in [-0.3, -0.25) is 4.99 Å². The van der Waals surface area contributed by atoms with E-state index in [4.69, 9.17) is 14.6 Å². The third kappa shape index (κ3) is 3.58. The Hall–Kier alpha value is -1.51. The minimum Gasteiger partial charge on any atom is -0.497 e. The van der Waals surface area contributed by atoms with Gasteiger partial charge < -0.3 is 29.9 Å². The quantitative estimate of drug-likeness (QED) is 0.526. The standard InChI is InChI=1S/C14H19NO6/c1-20-9-4-2-8(3-5-9)6-15-11-13(18)12(17)10(7-16)21-14(11)19/h2-6,10-14,16-19H,7H2,1H3/t10-,11-,12+,13-,14?/m1/s1. The summed E-state index contributed by atoms with van der Waals surface area (Å²) in [4.78, 5) is 4.06. The molecule has 1 aromatic rings. The monoisotopic (exact) mass is 297 g/mol. The molecule has 1 fully saturated rings. The van der Waals surface area contributed by atoms with E-state index in [-0.39, 0.29) is 0 Å². The molecule has 1 saturated heterocycles. The molecule has 7 nitrogen and oxygen atoms in total. The van der Waals surface area contributed by atoms with Gasteiger partial charge in [-0.2, -0.15) is 0 Å². The third-order valence-corrected chi connectivity index (χ3v) is 3.38. The van der Waals surface area contributed by atoms with Crippen molar-refractivity contribution in [2.75, 3.05) is 13.7 Å². The van der Waals surface area contributed by atoms with Crippen LogP contribution in [0, 0.1) is 0 Å². The van der Waals surface area contributed by atoms with Gasteiger partial charge in [0.05, 0.1) is 13.7 Å².